The maximum absolute atomic E-state index is 13.8. The van der Waals surface area contributed by atoms with Crippen molar-refractivity contribution in [2.45, 2.75) is 63.7 Å². The molecule has 3 N–H and O–H groups in total. The van der Waals surface area contributed by atoms with Gasteiger partial charge in [0.25, 0.3) is 5.91 Å². The lowest BCUT2D eigenvalue weighted by atomic mass is 9.97. The SMILES string of the molecule is CC1CN(C2COC2)CCN1c1ccc(N=C(CC(N)c2ccnc(N3CCn4c(cc5c4CCCC5)C3=O)c2C=O)c2ncc[nH]2)nc1. The average molecular weight is 663 g/mol. The van der Waals surface area contributed by atoms with Crippen molar-refractivity contribution in [1.29, 1.82) is 0 Å². The van der Waals surface area contributed by atoms with Crippen molar-refractivity contribution >= 4 is 35.2 Å². The predicted octanol–water partition coefficient (Wildman–Crippen LogP) is 3.47. The topological polar surface area (TPSA) is 151 Å². The number of carbonyl (C=O) groups excluding carboxylic acids is 2. The number of aldehydes is 1. The second-order valence-electron chi connectivity index (χ2n) is 13.5. The van der Waals surface area contributed by atoms with Gasteiger partial charge in [-0.05, 0) is 68.0 Å². The van der Waals surface area contributed by atoms with Crippen molar-refractivity contribution in [3.05, 3.63) is 83.0 Å². The number of pyridine rings is 2. The minimum atomic E-state index is -0.626. The fourth-order valence-corrected chi connectivity index (χ4v) is 7.80. The molecule has 4 aliphatic rings. The van der Waals surface area contributed by atoms with Crippen LogP contribution < -0.4 is 15.5 Å². The van der Waals surface area contributed by atoms with E-state index in [0.29, 0.717) is 65.2 Å². The van der Waals surface area contributed by atoms with Crippen molar-refractivity contribution in [3.63, 3.8) is 0 Å². The Morgan fingerprint density at radius 3 is 2.71 bits per heavy atom. The molecule has 2 unspecified atom stereocenters. The lowest BCUT2D eigenvalue weighted by molar-refractivity contribution is -0.0691. The largest absolute Gasteiger partial charge is 0.378 e. The van der Waals surface area contributed by atoms with Crippen LogP contribution >= 0.6 is 0 Å². The number of carbonyl (C=O) groups is 2. The highest BCUT2D eigenvalue weighted by molar-refractivity contribution is 6.08. The molecule has 49 heavy (non-hydrogen) atoms. The van der Waals surface area contributed by atoms with E-state index in [-0.39, 0.29) is 12.3 Å². The van der Waals surface area contributed by atoms with Crippen LogP contribution in [0.15, 0.2) is 54.0 Å². The van der Waals surface area contributed by atoms with E-state index in [9.17, 15) is 9.59 Å². The summed E-state index contributed by atoms with van der Waals surface area (Å²) in [6.07, 6.45) is 12.2. The number of hydrogen-bond acceptors (Lipinski definition) is 10. The molecule has 0 spiro atoms. The molecule has 3 aliphatic heterocycles. The first-order chi connectivity index (χ1) is 24.0. The molecule has 2 fully saturated rings. The molecule has 0 radical (unpaired) electrons. The molecule has 2 saturated heterocycles. The van der Waals surface area contributed by atoms with Gasteiger partial charge in [0, 0.05) is 75.5 Å². The van der Waals surface area contributed by atoms with Crippen molar-refractivity contribution in [1.82, 2.24) is 29.4 Å². The molecule has 4 aromatic rings. The minimum absolute atomic E-state index is 0.140. The standard InChI is InChI=1S/C36H42N10O3/c1-23-19-43(26-21-49-22-26)12-13-44(23)25-6-7-33(41-18-25)42-30(34-38-10-11-39-34)17-29(37)27-8-9-40-35(28(27)20-47)46-15-14-45-31-5-3-2-4-24(31)16-32(45)36(46)48/h6-11,16,18,20,23,26,29H,2-5,12-15,17,19,21-22,37H2,1H3,(H,38,39). The molecular formula is C36H42N10O3. The summed E-state index contributed by atoms with van der Waals surface area (Å²) in [4.78, 5) is 54.7. The summed E-state index contributed by atoms with van der Waals surface area (Å²) in [5, 5.41) is 0. The summed E-state index contributed by atoms with van der Waals surface area (Å²) in [5.74, 6) is 1.31. The predicted molar refractivity (Wildman–Crippen MR) is 186 cm³/mol. The molecule has 1 aliphatic carbocycles. The number of nitrogens with two attached hydrogens (primary N) is 1. The van der Waals surface area contributed by atoms with Crippen molar-refractivity contribution in [3.8, 4) is 0 Å². The van der Waals surface area contributed by atoms with Crippen molar-refractivity contribution in [2.75, 3.05) is 49.2 Å². The maximum atomic E-state index is 13.8. The van der Waals surface area contributed by atoms with E-state index < -0.39 is 6.04 Å². The number of aromatic nitrogens is 5. The quantitative estimate of drug-likeness (QED) is 0.203. The van der Waals surface area contributed by atoms with Crippen LogP contribution in [-0.2, 0) is 24.1 Å². The highest BCUT2D eigenvalue weighted by Crippen LogP contribution is 2.33. The number of aromatic amines is 1. The van der Waals surface area contributed by atoms with Crippen LogP contribution in [0.4, 0.5) is 17.3 Å². The molecule has 0 aromatic carbocycles. The van der Waals surface area contributed by atoms with Crippen molar-refractivity contribution in [2.24, 2.45) is 10.7 Å². The average Bonchev–Trinajstić information content (AvgIpc) is 3.77. The van der Waals surface area contributed by atoms with E-state index in [1.807, 2.05) is 18.3 Å². The Kier molecular flexibility index (Phi) is 8.56. The monoisotopic (exact) mass is 662 g/mol. The normalized spacial score (nSPS) is 20.9. The molecule has 1 amide bonds. The van der Waals surface area contributed by atoms with Crippen LogP contribution in [0.25, 0.3) is 0 Å². The van der Waals surface area contributed by atoms with Crippen LogP contribution in [0.5, 0.6) is 0 Å². The zero-order valence-electron chi connectivity index (χ0n) is 27.8. The van der Waals surface area contributed by atoms with Gasteiger partial charge in [0.05, 0.1) is 42.4 Å². The van der Waals surface area contributed by atoms with E-state index in [1.165, 1.54) is 11.3 Å². The number of nitrogens with zero attached hydrogens (tertiary/aromatic N) is 8. The van der Waals surface area contributed by atoms with Gasteiger partial charge in [-0.25, -0.2) is 19.9 Å². The van der Waals surface area contributed by atoms with E-state index >= 15 is 0 Å². The summed E-state index contributed by atoms with van der Waals surface area (Å²) in [7, 11) is 0. The summed E-state index contributed by atoms with van der Waals surface area (Å²) in [5.41, 5.74) is 12.6. The fraction of sp³-hybridized carbons (Fsp3) is 0.444. The molecule has 8 rings (SSSR count). The number of ether oxygens (including phenoxy) is 1. The van der Waals surface area contributed by atoms with Gasteiger partial charge in [0.2, 0.25) is 0 Å². The Balaban J connectivity index is 1.02. The Hall–Kier alpha value is -4.72. The smallest absolute Gasteiger partial charge is 0.276 e. The first kappa shape index (κ1) is 31.5. The lowest BCUT2D eigenvalue weighted by Crippen LogP contribution is -2.59. The van der Waals surface area contributed by atoms with Gasteiger partial charge in [-0.3, -0.25) is 19.4 Å². The summed E-state index contributed by atoms with van der Waals surface area (Å²) >= 11 is 0. The number of aliphatic imine (C=N–C) groups is 1. The summed E-state index contributed by atoms with van der Waals surface area (Å²) < 4.78 is 7.55. The van der Waals surface area contributed by atoms with Crippen LogP contribution in [-0.4, -0.2) is 98.8 Å². The fourth-order valence-electron chi connectivity index (χ4n) is 7.80. The van der Waals surface area contributed by atoms with Crippen LogP contribution in [0.3, 0.4) is 0 Å². The van der Waals surface area contributed by atoms with Crippen LogP contribution in [0.2, 0.25) is 0 Å². The zero-order valence-corrected chi connectivity index (χ0v) is 27.8. The van der Waals surface area contributed by atoms with E-state index in [0.717, 1.165) is 70.5 Å². The van der Waals surface area contributed by atoms with Crippen LogP contribution in [0, 0.1) is 0 Å². The number of hydrogen-bond donors (Lipinski definition) is 2. The molecule has 13 heteroatoms. The number of aryl methyl sites for hydroxylation is 1. The third-order valence-electron chi connectivity index (χ3n) is 10.5. The minimum Gasteiger partial charge on any atom is -0.378 e. The van der Waals surface area contributed by atoms with Gasteiger partial charge in [-0.2, -0.15) is 0 Å². The molecule has 0 bridgehead atoms. The Labute approximate surface area is 285 Å². The third kappa shape index (κ3) is 5.96. The number of amides is 1. The van der Waals surface area contributed by atoms with Gasteiger partial charge in [-0.1, -0.05) is 0 Å². The second-order valence-corrected chi connectivity index (χ2v) is 13.5. The van der Waals surface area contributed by atoms with Gasteiger partial charge in [-0.15, -0.1) is 0 Å². The summed E-state index contributed by atoms with van der Waals surface area (Å²) in [6.45, 7) is 7.93. The van der Waals surface area contributed by atoms with E-state index in [2.05, 4.69) is 42.3 Å². The number of fused-ring (bicyclic) bond motifs is 3. The van der Waals surface area contributed by atoms with Crippen molar-refractivity contribution < 1.29 is 14.3 Å². The Bertz CT molecular complexity index is 1860. The lowest BCUT2D eigenvalue weighted by Gasteiger charge is -2.46. The number of H-pyrrole nitrogens is 1. The highest BCUT2D eigenvalue weighted by atomic mass is 16.5. The molecule has 7 heterocycles. The van der Waals surface area contributed by atoms with Crippen LogP contribution in [0.1, 0.15) is 75.7 Å². The van der Waals surface area contributed by atoms with Gasteiger partial charge < -0.3 is 24.9 Å². The Morgan fingerprint density at radius 1 is 1.10 bits per heavy atom. The molecule has 13 nitrogen and oxygen atoms in total. The van der Waals surface area contributed by atoms with E-state index in [4.69, 9.17) is 20.4 Å². The zero-order chi connectivity index (χ0) is 33.5. The molecule has 0 saturated carbocycles. The molecule has 4 aromatic heterocycles. The first-order valence-corrected chi connectivity index (χ1v) is 17.3. The highest BCUT2D eigenvalue weighted by Gasteiger charge is 2.34. The number of nitrogens with one attached hydrogen (secondary N) is 1. The second kappa shape index (κ2) is 13.3. The summed E-state index contributed by atoms with van der Waals surface area (Å²) in [6, 6.07) is 8.02. The number of piperazine rings is 1. The number of rotatable bonds is 9. The van der Waals surface area contributed by atoms with Gasteiger partial charge >= 0.3 is 0 Å². The van der Waals surface area contributed by atoms with E-state index in [1.54, 1.807) is 29.6 Å². The van der Waals surface area contributed by atoms with Gasteiger partial charge in [0.1, 0.15) is 11.5 Å². The maximum Gasteiger partial charge on any atom is 0.276 e. The molecule has 2 atom stereocenters. The number of imidazole rings is 1. The number of anilines is 2. The third-order valence-corrected chi connectivity index (χ3v) is 10.5. The Morgan fingerprint density at radius 2 is 1.98 bits per heavy atom. The molecular weight excluding hydrogens is 620 g/mol. The van der Waals surface area contributed by atoms with Gasteiger partial charge in [0.15, 0.2) is 17.9 Å². The first-order valence-electron chi connectivity index (χ1n) is 17.3. The molecule has 254 valence electrons.